The van der Waals surface area contributed by atoms with Crippen molar-refractivity contribution in [1.82, 2.24) is 4.72 Å². The Hall–Kier alpha value is -0.600. The molecule has 0 amide bonds. The van der Waals surface area contributed by atoms with E-state index in [1.54, 1.807) is 6.07 Å². The predicted molar refractivity (Wildman–Crippen MR) is 60.0 cm³/mol. The molecule has 1 rings (SSSR count). The fourth-order valence-corrected chi connectivity index (χ4v) is 3.10. The van der Waals surface area contributed by atoms with Gasteiger partial charge in [0.05, 0.1) is 11.3 Å². The summed E-state index contributed by atoms with van der Waals surface area (Å²) in [6, 6.07) is 5.90. The summed E-state index contributed by atoms with van der Waals surface area (Å²) in [6.07, 6.45) is -5.58. The van der Waals surface area contributed by atoms with Gasteiger partial charge in [0.15, 0.2) is 0 Å². The first-order valence-electron chi connectivity index (χ1n) is 4.53. The highest BCUT2D eigenvalue weighted by Crippen LogP contribution is 2.22. The summed E-state index contributed by atoms with van der Waals surface area (Å²) in [7, 11) is -3.91. The molecule has 0 aliphatic heterocycles. The van der Waals surface area contributed by atoms with E-state index in [1.807, 2.05) is 4.72 Å². The van der Waals surface area contributed by atoms with E-state index in [2.05, 4.69) is 15.9 Å². The van der Waals surface area contributed by atoms with Crippen LogP contribution in [0.5, 0.6) is 0 Å². The van der Waals surface area contributed by atoms with Crippen LogP contribution in [0.4, 0.5) is 13.2 Å². The Morgan fingerprint density at radius 3 is 2.35 bits per heavy atom. The van der Waals surface area contributed by atoms with Gasteiger partial charge in [-0.05, 0) is 28.1 Å². The maximum absolute atomic E-state index is 11.9. The van der Waals surface area contributed by atoms with Crippen molar-refractivity contribution in [3.63, 3.8) is 0 Å². The Morgan fingerprint density at radius 1 is 1.24 bits per heavy atom. The van der Waals surface area contributed by atoms with Gasteiger partial charge in [-0.25, -0.2) is 13.1 Å². The van der Waals surface area contributed by atoms with Crippen LogP contribution in [0.15, 0.2) is 33.6 Å². The minimum Gasteiger partial charge on any atom is -0.211 e. The van der Waals surface area contributed by atoms with Gasteiger partial charge in [0.2, 0.25) is 10.0 Å². The zero-order valence-electron chi connectivity index (χ0n) is 8.46. The Bertz CT molecular complexity index is 487. The molecule has 0 aliphatic carbocycles. The molecule has 0 saturated heterocycles. The molecule has 17 heavy (non-hydrogen) atoms. The first-order valence-corrected chi connectivity index (χ1v) is 6.81. The van der Waals surface area contributed by atoms with Crippen LogP contribution in [-0.2, 0) is 10.0 Å². The monoisotopic (exact) mass is 331 g/mol. The molecule has 3 nitrogen and oxygen atoms in total. The Kier molecular flexibility index (Phi) is 4.56. The van der Waals surface area contributed by atoms with Gasteiger partial charge in [-0.15, -0.1) is 0 Å². The first-order chi connectivity index (χ1) is 7.72. The quantitative estimate of drug-likeness (QED) is 0.922. The summed E-state index contributed by atoms with van der Waals surface area (Å²) >= 11 is 3.02. The largest absolute Gasteiger partial charge is 0.390 e. The average molecular weight is 332 g/mol. The average Bonchev–Trinajstić information content (AvgIpc) is 2.15. The molecular weight excluding hydrogens is 323 g/mol. The molecule has 96 valence electrons. The van der Waals surface area contributed by atoms with Gasteiger partial charge in [-0.3, -0.25) is 0 Å². The van der Waals surface area contributed by atoms with E-state index in [9.17, 15) is 21.6 Å². The number of rotatable bonds is 4. The van der Waals surface area contributed by atoms with Crippen molar-refractivity contribution in [1.29, 1.82) is 0 Å². The Morgan fingerprint density at radius 2 is 1.82 bits per heavy atom. The molecule has 0 radical (unpaired) electrons. The molecular formula is C9H9BrF3NO2S. The van der Waals surface area contributed by atoms with Gasteiger partial charge < -0.3 is 0 Å². The van der Waals surface area contributed by atoms with Crippen molar-refractivity contribution < 1.29 is 21.6 Å². The lowest BCUT2D eigenvalue weighted by atomic mass is 10.4. The fourth-order valence-electron chi connectivity index (χ4n) is 1.07. The zero-order valence-corrected chi connectivity index (χ0v) is 10.9. The minimum absolute atomic E-state index is 0.0813. The number of nitrogens with one attached hydrogen (secondary N) is 1. The van der Waals surface area contributed by atoms with Gasteiger partial charge in [-0.2, -0.15) is 13.2 Å². The number of alkyl halides is 3. The molecule has 0 aromatic heterocycles. The van der Waals surface area contributed by atoms with Crippen LogP contribution in [0.3, 0.4) is 0 Å². The topological polar surface area (TPSA) is 46.2 Å². The lowest BCUT2D eigenvalue weighted by molar-refractivity contribution is -0.132. The van der Waals surface area contributed by atoms with Crippen LogP contribution in [0.1, 0.15) is 6.42 Å². The van der Waals surface area contributed by atoms with Crippen molar-refractivity contribution in [2.75, 3.05) is 6.54 Å². The molecule has 0 bridgehead atoms. The Balaban J connectivity index is 2.74. The van der Waals surface area contributed by atoms with Crippen LogP contribution < -0.4 is 4.72 Å². The smallest absolute Gasteiger partial charge is 0.211 e. The van der Waals surface area contributed by atoms with Crippen molar-refractivity contribution in [2.24, 2.45) is 0 Å². The molecule has 1 aromatic carbocycles. The molecule has 0 saturated carbocycles. The van der Waals surface area contributed by atoms with E-state index in [0.29, 0.717) is 4.47 Å². The summed E-state index contributed by atoms with van der Waals surface area (Å²) in [4.78, 5) is -0.0813. The fraction of sp³-hybridized carbons (Fsp3) is 0.333. The molecule has 0 atom stereocenters. The molecule has 0 fully saturated rings. The number of sulfonamides is 1. The minimum atomic E-state index is -4.38. The van der Waals surface area contributed by atoms with Crippen molar-refractivity contribution >= 4 is 26.0 Å². The van der Waals surface area contributed by atoms with Crippen LogP contribution in [0.2, 0.25) is 0 Å². The van der Waals surface area contributed by atoms with Gasteiger partial charge in [0.1, 0.15) is 0 Å². The van der Waals surface area contributed by atoms with Crippen LogP contribution >= 0.6 is 15.9 Å². The standard InChI is InChI=1S/C9H9BrF3NO2S/c10-7-3-1-2-4-8(7)17(15,16)14-6-5-9(11,12)13/h1-4,14H,5-6H2. The summed E-state index contributed by atoms with van der Waals surface area (Å²) in [5.41, 5.74) is 0. The third-order valence-corrected chi connectivity index (χ3v) is 4.30. The lowest BCUT2D eigenvalue weighted by Gasteiger charge is -2.09. The molecule has 0 aliphatic rings. The molecule has 0 heterocycles. The van der Waals surface area contributed by atoms with E-state index < -0.39 is 29.2 Å². The summed E-state index contributed by atoms with van der Waals surface area (Å²) < 4.78 is 61.1. The predicted octanol–water partition coefficient (Wildman–Crippen LogP) is 2.68. The third-order valence-electron chi connectivity index (χ3n) is 1.83. The maximum Gasteiger partial charge on any atom is 0.390 e. The van der Waals surface area contributed by atoms with E-state index in [0.717, 1.165) is 0 Å². The van der Waals surface area contributed by atoms with Crippen molar-refractivity contribution in [3.8, 4) is 0 Å². The molecule has 0 unspecified atom stereocenters. The van der Waals surface area contributed by atoms with Gasteiger partial charge in [0, 0.05) is 11.0 Å². The van der Waals surface area contributed by atoms with E-state index in [4.69, 9.17) is 0 Å². The summed E-state index contributed by atoms with van der Waals surface area (Å²) in [5, 5.41) is 0. The normalized spacial score (nSPS) is 12.7. The second-order valence-corrected chi connectivity index (χ2v) is 5.78. The first kappa shape index (κ1) is 14.5. The van der Waals surface area contributed by atoms with Crippen molar-refractivity contribution in [2.45, 2.75) is 17.5 Å². The van der Waals surface area contributed by atoms with E-state index in [1.165, 1.54) is 18.2 Å². The van der Waals surface area contributed by atoms with Crippen LogP contribution in [-0.4, -0.2) is 21.1 Å². The maximum atomic E-state index is 11.9. The highest BCUT2D eigenvalue weighted by molar-refractivity contribution is 9.10. The van der Waals surface area contributed by atoms with Gasteiger partial charge >= 0.3 is 6.18 Å². The zero-order chi connectivity index (χ0) is 13.1. The molecule has 0 spiro atoms. The summed E-state index contributed by atoms with van der Waals surface area (Å²) in [6.45, 7) is -0.673. The SMILES string of the molecule is O=S(=O)(NCCC(F)(F)F)c1ccccc1Br. The highest BCUT2D eigenvalue weighted by Gasteiger charge is 2.27. The van der Waals surface area contributed by atoms with Gasteiger partial charge in [-0.1, -0.05) is 12.1 Å². The third kappa shape index (κ3) is 4.64. The van der Waals surface area contributed by atoms with Gasteiger partial charge in [0.25, 0.3) is 0 Å². The Labute approximate surface area is 105 Å². The van der Waals surface area contributed by atoms with Crippen LogP contribution in [0.25, 0.3) is 0 Å². The lowest BCUT2D eigenvalue weighted by Crippen LogP contribution is -2.28. The number of halogens is 4. The second-order valence-electron chi connectivity index (χ2n) is 3.19. The highest BCUT2D eigenvalue weighted by atomic mass is 79.9. The van der Waals surface area contributed by atoms with Crippen molar-refractivity contribution in [3.05, 3.63) is 28.7 Å². The van der Waals surface area contributed by atoms with Crippen LogP contribution in [0, 0.1) is 0 Å². The molecule has 1 N–H and O–H groups in total. The number of hydrogen-bond acceptors (Lipinski definition) is 2. The van der Waals surface area contributed by atoms with E-state index >= 15 is 0 Å². The molecule has 1 aromatic rings. The number of hydrogen-bond donors (Lipinski definition) is 1. The van der Waals surface area contributed by atoms with E-state index in [-0.39, 0.29) is 4.90 Å². The molecule has 8 heteroatoms. The number of benzene rings is 1. The second kappa shape index (κ2) is 5.36. The summed E-state index contributed by atoms with van der Waals surface area (Å²) in [5.74, 6) is 0.